The summed E-state index contributed by atoms with van der Waals surface area (Å²) in [5.74, 6) is 2.04. The molecule has 0 aliphatic carbocycles. The van der Waals surface area contributed by atoms with Crippen LogP contribution in [0.4, 0.5) is 0 Å². The van der Waals surface area contributed by atoms with Crippen LogP contribution in [-0.4, -0.2) is 28.4 Å². The van der Waals surface area contributed by atoms with E-state index in [1.165, 1.54) is 0 Å². The molecule has 3 aromatic rings. The Morgan fingerprint density at radius 3 is 2.52 bits per heavy atom. The molecule has 1 aromatic carbocycles. The lowest BCUT2D eigenvalue weighted by Gasteiger charge is -2.07. The van der Waals surface area contributed by atoms with Gasteiger partial charge in [0.2, 0.25) is 5.78 Å². The van der Waals surface area contributed by atoms with Crippen LogP contribution in [0.15, 0.2) is 45.8 Å². The summed E-state index contributed by atoms with van der Waals surface area (Å²) in [7, 11) is 0. The Hall–Kier alpha value is -2.47. The van der Waals surface area contributed by atoms with E-state index >= 15 is 0 Å². The third kappa shape index (κ3) is 3.64. The largest absolute Gasteiger partial charge is 0.485 e. The van der Waals surface area contributed by atoms with Crippen molar-refractivity contribution in [3.63, 3.8) is 0 Å². The van der Waals surface area contributed by atoms with E-state index in [1.807, 2.05) is 68.0 Å². The average Bonchev–Trinajstić information content (AvgIpc) is 3.15. The normalized spacial score (nSPS) is 10.9. The molecule has 0 aliphatic rings. The second-order valence-electron chi connectivity index (χ2n) is 5.80. The number of ether oxygens (including phenoxy) is 1. The summed E-state index contributed by atoms with van der Waals surface area (Å²) in [5, 5.41) is 4.03. The van der Waals surface area contributed by atoms with Gasteiger partial charge in [-0.1, -0.05) is 5.16 Å². The minimum Gasteiger partial charge on any atom is -0.485 e. The smallest absolute Gasteiger partial charge is 0.202 e. The number of ketones is 1. The number of benzene rings is 1. The Balaban J connectivity index is 1.76. The van der Waals surface area contributed by atoms with Crippen LogP contribution in [-0.2, 0) is 0 Å². The maximum Gasteiger partial charge on any atom is 0.202 e. The minimum absolute atomic E-state index is 0.000745. The zero-order valence-corrected chi connectivity index (χ0v) is 15.5. The molecule has 0 bridgehead atoms. The monoisotopic (exact) mass is 356 g/mol. The molecule has 0 spiro atoms. The van der Waals surface area contributed by atoms with E-state index in [2.05, 4.69) is 5.16 Å². The van der Waals surface area contributed by atoms with Gasteiger partial charge in [-0.05, 0) is 57.4 Å². The van der Waals surface area contributed by atoms with Crippen LogP contribution in [0, 0.1) is 20.8 Å². The third-order valence-corrected chi connectivity index (χ3v) is 4.75. The second-order valence-corrected chi connectivity index (χ2v) is 6.68. The van der Waals surface area contributed by atoms with E-state index < -0.39 is 0 Å². The van der Waals surface area contributed by atoms with Crippen molar-refractivity contribution in [3.05, 3.63) is 59.1 Å². The van der Waals surface area contributed by atoms with Gasteiger partial charge in [0.25, 0.3) is 0 Å². The number of aromatic nitrogens is 2. The molecule has 0 saturated heterocycles. The van der Waals surface area contributed by atoms with E-state index in [4.69, 9.17) is 9.26 Å². The number of thioether (sulfide) groups is 1. The highest BCUT2D eigenvalue weighted by Gasteiger charge is 2.18. The van der Waals surface area contributed by atoms with Gasteiger partial charge in [-0.15, -0.1) is 11.8 Å². The summed E-state index contributed by atoms with van der Waals surface area (Å²) in [6, 6.07) is 11.4. The molecule has 0 aliphatic heterocycles. The molecule has 2 aromatic heterocycles. The number of aryl methyl sites for hydroxylation is 2. The summed E-state index contributed by atoms with van der Waals surface area (Å²) in [4.78, 5) is 13.7. The molecular formula is C19H20N2O3S. The highest BCUT2D eigenvalue weighted by atomic mass is 32.2. The molecule has 0 fully saturated rings. The van der Waals surface area contributed by atoms with Gasteiger partial charge in [-0.25, -0.2) is 0 Å². The quantitative estimate of drug-likeness (QED) is 0.485. The number of carbonyl (C=O) groups excluding carboxylic acids is 1. The fourth-order valence-corrected chi connectivity index (χ4v) is 3.16. The maximum atomic E-state index is 12.6. The molecule has 3 rings (SSSR count). The molecule has 2 heterocycles. The van der Waals surface area contributed by atoms with Crippen LogP contribution in [0.3, 0.4) is 0 Å². The van der Waals surface area contributed by atoms with Gasteiger partial charge in [-0.2, -0.15) is 0 Å². The summed E-state index contributed by atoms with van der Waals surface area (Å²) in [5.41, 5.74) is 2.40. The van der Waals surface area contributed by atoms with E-state index in [0.29, 0.717) is 17.1 Å². The van der Waals surface area contributed by atoms with Gasteiger partial charge in [0.1, 0.15) is 11.5 Å². The lowest BCUT2D eigenvalue weighted by atomic mass is 10.1. The van der Waals surface area contributed by atoms with Crippen LogP contribution in [0.1, 0.15) is 27.5 Å². The number of hydrogen-bond donors (Lipinski definition) is 0. The van der Waals surface area contributed by atoms with Gasteiger partial charge < -0.3 is 9.26 Å². The molecular weight excluding hydrogens is 336 g/mol. The summed E-state index contributed by atoms with van der Waals surface area (Å²) >= 11 is 1.67. The first kappa shape index (κ1) is 17.4. The molecule has 0 saturated carbocycles. The number of Topliss-reactive ketones (excluding diaryl/α,β-unsaturated/α-hetero) is 1. The van der Waals surface area contributed by atoms with Crippen LogP contribution >= 0.6 is 11.8 Å². The number of hydrogen-bond acceptors (Lipinski definition) is 5. The number of rotatable bonds is 6. The molecule has 130 valence electrons. The first-order valence-corrected chi connectivity index (χ1v) is 9.14. The van der Waals surface area contributed by atoms with Crippen molar-refractivity contribution in [1.29, 1.82) is 0 Å². The Morgan fingerprint density at radius 1 is 1.20 bits per heavy atom. The average molecular weight is 356 g/mol. The lowest BCUT2D eigenvalue weighted by Crippen LogP contribution is -2.12. The molecule has 5 nitrogen and oxygen atoms in total. The van der Waals surface area contributed by atoms with Crippen molar-refractivity contribution in [2.24, 2.45) is 0 Å². The molecule has 0 amide bonds. The molecule has 0 atom stereocenters. The fourth-order valence-electron chi connectivity index (χ4n) is 2.75. The lowest BCUT2D eigenvalue weighted by molar-refractivity contribution is 0.0921. The topological polar surface area (TPSA) is 57.3 Å². The van der Waals surface area contributed by atoms with Crippen molar-refractivity contribution in [2.75, 3.05) is 12.9 Å². The van der Waals surface area contributed by atoms with Crippen LogP contribution in [0.2, 0.25) is 0 Å². The van der Waals surface area contributed by atoms with Crippen LogP contribution < -0.4 is 4.74 Å². The highest BCUT2D eigenvalue weighted by molar-refractivity contribution is 7.98. The summed E-state index contributed by atoms with van der Waals surface area (Å²) < 4.78 is 12.7. The molecule has 0 unspecified atom stereocenters. The molecule has 6 heteroatoms. The second kappa shape index (κ2) is 7.19. The van der Waals surface area contributed by atoms with E-state index in [0.717, 1.165) is 22.0 Å². The predicted molar refractivity (Wildman–Crippen MR) is 98.1 cm³/mol. The zero-order chi connectivity index (χ0) is 18.0. The van der Waals surface area contributed by atoms with Crippen molar-refractivity contribution in [3.8, 4) is 11.6 Å². The van der Waals surface area contributed by atoms with E-state index in [-0.39, 0.29) is 12.4 Å². The van der Waals surface area contributed by atoms with Gasteiger partial charge >= 0.3 is 0 Å². The third-order valence-electron chi connectivity index (χ3n) is 4.01. The van der Waals surface area contributed by atoms with Crippen LogP contribution in [0.25, 0.3) is 5.82 Å². The van der Waals surface area contributed by atoms with Gasteiger partial charge in [0, 0.05) is 27.9 Å². The van der Waals surface area contributed by atoms with Gasteiger partial charge in [0.05, 0.1) is 0 Å². The first-order chi connectivity index (χ1) is 12.0. The predicted octanol–water partition coefficient (Wildman–Crippen LogP) is 4.37. The minimum atomic E-state index is -0.0616. The first-order valence-electron chi connectivity index (χ1n) is 7.92. The number of nitrogens with zero attached hydrogens (tertiary/aromatic N) is 2. The fraction of sp³-hybridized carbons (Fsp3) is 0.263. The summed E-state index contributed by atoms with van der Waals surface area (Å²) in [6.45, 7) is 5.68. The Kier molecular flexibility index (Phi) is 4.99. The Labute approximate surface area is 151 Å². The summed E-state index contributed by atoms with van der Waals surface area (Å²) in [6.07, 6.45) is 2.02. The van der Waals surface area contributed by atoms with Crippen molar-refractivity contribution < 1.29 is 14.1 Å². The zero-order valence-electron chi connectivity index (χ0n) is 14.7. The van der Waals surface area contributed by atoms with Crippen molar-refractivity contribution in [1.82, 2.24) is 9.72 Å². The SMILES string of the molecule is CSc1ccc(OCC(=O)c2cc(C)n(-c3cc(C)on3)c2C)cc1. The highest BCUT2D eigenvalue weighted by Crippen LogP contribution is 2.22. The molecule has 0 radical (unpaired) electrons. The standard InChI is InChI=1S/C19H20N2O3S/c1-12-9-17(14(3)21(12)19-10-13(2)24-20-19)18(22)11-23-15-5-7-16(25-4)8-6-15/h5-10H,11H2,1-4H3. The maximum absolute atomic E-state index is 12.6. The van der Waals surface area contributed by atoms with Crippen molar-refractivity contribution in [2.45, 2.75) is 25.7 Å². The van der Waals surface area contributed by atoms with E-state index in [1.54, 1.807) is 11.8 Å². The van der Waals surface area contributed by atoms with Crippen LogP contribution in [0.5, 0.6) is 5.75 Å². The number of carbonyl (C=O) groups is 1. The Bertz CT molecular complexity index is 894. The molecule has 25 heavy (non-hydrogen) atoms. The van der Waals surface area contributed by atoms with E-state index in [9.17, 15) is 4.79 Å². The molecule has 0 N–H and O–H groups in total. The van der Waals surface area contributed by atoms with Crippen molar-refractivity contribution >= 4 is 17.5 Å². The van der Waals surface area contributed by atoms with Gasteiger partial charge in [-0.3, -0.25) is 9.36 Å². The van der Waals surface area contributed by atoms with Gasteiger partial charge in [0.15, 0.2) is 12.4 Å². The Morgan fingerprint density at radius 2 is 1.92 bits per heavy atom.